The molecule has 0 radical (unpaired) electrons. The first-order valence-corrected chi connectivity index (χ1v) is 25.3. The molecule has 0 bridgehead atoms. The highest BCUT2D eigenvalue weighted by Crippen LogP contribution is 2.66. The van der Waals surface area contributed by atoms with Gasteiger partial charge in [0.2, 0.25) is 0 Å². The molecular formula is C70H55N. The van der Waals surface area contributed by atoms with Crippen molar-refractivity contribution in [2.24, 2.45) is 0 Å². The summed E-state index contributed by atoms with van der Waals surface area (Å²) in [5.41, 5.74) is 23.2. The van der Waals surface area contributed by atoms with Gasteiger partial charge in [0.1, 0.15) is 0 Å². The van der Waals surface area contributed by atoms with Crippen LogP contribution in [0.2, 0.25) is 0 Å². The fourth-order valence-electron chi connectivity index (χ4n) is 12.2. The maximum absolute atomic E-state index is 2.48. The van der Waals surface area contributed by atoms with Gasteiger partial charge in [-0.1, -0.05) is 244 Å². The van der Waals surface area contributed by atoms with E-state index >= 15 is 0 Å². The lowest BCUT2D eigenvalue weighted by molar-refractivity contribution is 0.584. The number of rotatable bonds is 8. The van der Waals surface area contributed by atoms with Gasteiger partial charge in [-0.05, 0) is 144 Å². The lowest BCUT2D eigenvalue weighted by Gasteiger charge is -2.51. The van der Waals surface area contributed by atoms with E-state index < -0.39 is 10.8 Å². The van der Waals surface area contributed by atoms with Crippen molar-refractivity contribution in [3.05, 3.63) is 318 Å². The van der Waals surface area contributed by atoms with E-state index in [1.807, 2.05) is 13.8 Å². The molecule has 0 fully saturated rings. The molecule has 3 aliphatic rings. The molecule has 13 rings (SSSR count). The van der Waals surface area contributed by atoms with Crippen LogP contribution in [0.5, 0.6) is 0 Å². The van der Waals surface area contributed by atoms with Crippen LogP contribution >= 0.6 is 0 Å². The quantitative estimate of drug-likeness (QED) is 0.147. The number of fused-ring (bicyclic) bond motifs is 8. The molecule has 0 aromatic heterocycles. The highest BCUT2D eigenvalue weighted by Gasteiger charge is 2.57. The van der Waals surface area contributed by atoms with Gasteiger partial charge in [-0.15, -0.1) is 0 Å². The Labute approximate surface area is 419 Å². The highest BCUT2D eigenvalue weighted by atomic mass is 15.1. The molecule has 0 amide bonds. The van der Waals surface area contributed by atoms with Crippen molar-refractivity contribution in [1.29, 1.82) is 0 Å². The predicted octanol–water partition coefficient (Wildman–Crippen LogP) is 18.5. The lowest BCUT2D eigenvalue weighted by atomic mass is 9.50. The van der Waals surface area contributed by atoms with E-state index in [1.54, 1.807) is 0 Å². The molecule has 0 aliphatic heterocycles. The number of allylic oxidation sites excluding steroid dienone is 4. The third-order valence-electron chi connectivity index (χ3n) is 15.1. The van der Waals surface area contributed by atoms with Crippen LogP contribution in [0.4, 0.5) is 17.1 Å². The van der Waals surface area contributed by atoms with Crippen molar-refractivity contribution >= 4 is 17.1 Å². The van der Waals surface area contributed by atoms with Gasteiger partial charge in [0, 0.05) is 17.1 Å². The van der Waals surface area contributed by atoms with E-state index in [-0.39, 0.29) is 0 Å². The van der Waals surface area contributed by atoms with E-state index in [0.717, 1.165) is 29.9 Å². The van der Waals surface area contributed by atoms with Gasteiger partial charge in [0.05, 0.1) is 10.8 Å². The first-order valence-electron chi connectivity index (χ1n) is 25.3. The van der Waals surface area contributed by atoms with Gasteiger partial charge in [-0.2, -0.15) is 0 Å². The SMILES string of the molecule is C1=CC2=C(CC1)C1(c3ccccc3-c3cc(-c4ccc(N(c5ccc(-c6ccccc6)cc5)c5cccc(-c6ccccc6)c5)cc4)ccc31)c1ccccc1C2(c1ccccc1)c1ccccc1.CC. The summed E-state index contributed by atoms with van der Waals surface area (Å²) >= 11 is 0. The second kappa shape index (κ2) is 18.4. The molecule has 1 atom stereocenters. The van der Waals surface area contributed by atoms with Crippen LogP contribution in [0.3, 0.4) is 0 Å². The Kier molecular flexibility index (Phi) is 11.4. The van der Waals surface area contributed by atoms with E-state index in [9.17, 15) is 0 Å². The van der Waals surface area contributed by atoms with E-state index in [2.05, 4.69) is 278 Å². The van der Waals surface area contributed by atoms with Crippen LogP contribution in [-0.2, 0) is 10.8 Å². The van der Waals surface area contributed by atoms with Crippen LogP contribution in [0, 0.1) is 0 Å². The first-order chi connectivity index (χ1) is 35.2. The second-order valence-electron chi connectivity index (χ2n) is 18.6. The number of hydrogen-bond donors (Lipinski definition) is 0. The summed E-state index contributed by atoms with van der Waals surface area (Å²) in [5.74, 6) is 0. The Bertz CT molecular complexity index is 3530. The molecule has 0 saturated heterocycles. The van der Waals surface area contributed by atoms with Crippen molar-refractivity contribution in [2.45, 2.75) is 37.5 Å². The monoisotopic (exact) mass is 909 g/mol. The zero-order valence-corrected chi connectivity index (χ0v) is 40.3. The Morgan fingerprint density at radius 1 is 0.324 bits per heavy atom. The second-order valence-corrected chi connectivity index (χ2v) is 18.6. The first kappa shape index (κ1) is 43.7. The number of anilines is 3. The molecule has 3 aliphatic carbocycles. The van der Waals surface area contributed by atoms with E-state index in [1.165, 1.54) is 89.0 Å². The fourth-order valence-corrected chi connectivity index (χ4v) is 12.2. The average molecular weight is 910 g/mol. The van der Waals surface area contributed by atoms with Gasteiger partial charge in [0.25, 0.3) is 0 Å². The average Bonchev–Trinajstić information content (AvgIpc) is 3.75. The molecule has 1 nitrogen and oxygen atoms in total. The lowest BCUT2D eigenvalue weighted by Crippen LogP contribution is -2.45. The van der Waals surface area contributed by atoms with Crippen LogP contribution in [0.25, 0.3) is 44.5 Å². The molecule has 71 heavy (non-hydrogen) atoms. The third kappa shape index (κ3) is 7.06. The normalized spacial score (nSPS) is 15.7. The summed E-state index contributed by atoms with van der Waals surface area (Å²) in [4.78, 5) is 2.38. The van der Waals surface area contributed by atoms with Crippen LogP contribution < -0.4 is 4.90 Å². The summed E-state index contributed by atoms with van der Waals surface area (Å²) in [5, 5.41) is 0. The summed E-state index contributed by atoms with van der Waals surface area (Å²) in [6, 6.07) is 96.7. The van der Waals surface area contributed by atoms with Crippen molar-refractivity contribution in [3.8, 4) is 44.5 Å². The molecule has 0 N–H and O–H groups in total. The summed E-state index contributed by atoms with van der Waals surface area (Å²) in [7, 11) is 0. The minimum Gasteiger partial charge on any atom is -0.310 e. The van der Waals surface area contributed by atoms with E-state index in [0.29, 0.717) is 0 Å². The third-order valence-corrected chi connectivity index (χ3v) is 15.1. The van der Waals surface area contributed by atoms with Gasteiger partial charge >= 0.3 is 0 Å². The Morgan fingerprint density at radius 2 is 0.761 bits per heavy atom. The minimum atomic E-state index is -0.476. The Hall–Kier alpha value is -8.52. The number of hydrogen-bond acceptors (Lipinski definition) is 1. The molecule has 1 heteroatoms. The van der Waals surface area contributed by atoms with Gasteiger partial charge in [-0.3, -0.25) is 0 Å². The van der Waals surface area contributed by atoms with Crippen molar-refractivity contribution in [1.82, 2.24) is 0 Å². The molecular weight excluding hydrogens is 855 g/mol. The maximum atomic E-state index is 2.48. The van der Waals surface area contributed by atoms with Crippen molar-refractivity contribution in [2.75, 3.05) is 4.90 Å². The van der Waals surface area contributed by atoms with Crippen LogP contribution in [-0.4, -0.2) is 0 Å². The standard InChI is InChI=1S/C68H49N.C2H6/c1-5-20-48(21-6-1)50-36-41-56(42-37-50)69(58-29-19-24-52(46-58)49-22-7-2-8-23-49)57-43-38-51(39-44-57)53-40-45-62-60(47-53)59-30-13-14-31-61(59)68(62)65-34-17-15-32-63(65)67(54-25-9-3-10-26-54,55-27-11-4-12-28-55)64-33-16-18-35-66(64)68;1-2/h1-17,19-34,36-47H,18,35H2;1-2H3. The zero-order valence-electron chi connectivity index (χ0n) is 40.3. The van der Waals surface area contributed by atoms with Gasteiger partial charge in [0.15, 0.2) is 0 Å². The topological polar surface area (TPSA) is 3.24 Å². The zero-order chi connectivity index (χ0) is 47.8. The van der Waals surface area contributed by atoms with Gasteiger partial charge < -0.3 is 4.90 Å². The molecule has 1 spiro atoms. The van der Waals surface area contributed by atoms with Crippen LogP contribution in [0.1, 0.15) is 60.1 Å². The largest absolute Gasteiger partial charge is 0.310 e. The smallest absolute Gasteiger partial charge is 0.0704 e. The van der Waals surface area contributed by atoms with Gasteiger partial charge in [-0.25, -0.2) is 0 Å². The Morgan fingerprint density at radius 3 is 1.37 bits per heavy atom. The Balaban J connectivity index is 0.00000256. The number of benzene rings is 10. The predicted molar refractivity (Wildman–Crippen MR) is 299 cm³/mol. The molecule has 0 heterocycles. The molecule has 0 saturated carbocycles. The minimum absolute atomic E-state index is 0.442. The summed E-state index contributed by atoms with van der Waals surface area (Å²) in [6.45, 7) is 4.00. The number of nitrogens with zero attached hydrogens (tertiary/aromatic N) is 1. The summed E-state index contributed by atoms with van der Waals surface area (Å²) in [6.07, 6.45) is 6.88. The molecule has 1 unspecified atom stereocenters. The highest BCUT2D eigenvalue weighted by molar-refractivity contribution is 5.92. The molecule has 340 valence electrons. The maximum Gasteiger partial charge on any atom is 0.0704 e. The van der Waals surface area contributed by atoms with Crippen molar-refractivity contribution < 1.29 is 0 Å². The van der Waals surface area contributed by atoms with Crippen molar-refractivity contribution in [3.63, 3.8) is 0 Å². The molecule has 10 aromatic rings. The summed E-state index contributed by atoms with van der Waals surface area (Å²) < 4.78 is 0. The van der Waals surface area contributed by atoms with Crippen LogP contribution in [0.15, 0.2) is 284 Å². The van der Waals surface area contributed by atoms with E-state index in [4.69, 9.17) is 0 Å². The fraction of sp³-hybridized carbons (Fsp3) is 0.0857. The molecule has 10 aromatic carbocycles.